The maximum Gasteiger partial charge on any atom is 0.255 e. The van der Waals surface area contributed by atoms with Crippen molar-refractivity contribution in [3.05, 3.63) is 34.9 Å². The first kappa shape index (κ1) is 16.9. The molecule has 0 bridgehead atoms. The predicted molar refractivity (Wildman–Crippen MR) is 97.7 cm³/mol. The van der Waals surface area contributed by atoms with Crippen LogP contribution in [0.5, 0.6) is 0 Å². The summed E-state index contributed by atoms with van der Waals surface area (Å²) in [5, 5.41) is 5.85. The second kappa shape index (κ2) is 6.14. The normalized spacial score (nSPS) is 27.0. The Morgan fingerprint density at radius 1 is 1.19 bits per heavy atom. The monoisotopic (exact) mass is 368 g/mol. The van der Waals surface area contributed by atoms with Crippen LogP contribution >= 0.6 is 0 Å². The quantitative estimate of drug-likeness (QED) is 0.754. The highest BCUT2D eigenvalue weighted by Crippen LogP contribution is 2.43. The van der Waals surface area contributed by atoms with Crippen LogP contribution in [0.3, 0.4) is 0 Å². The van der Waals surface area contributed by atoms with Gasteiger partial charge in [-0.2, -0.15) is 0 Å². The number of hydrogen-bond acceptors (Lipinski definition) is 5. The lowest BCUT2D eigenvalue weighted by atomic mass is 10.0. The maximum absolute atomic E-state index is 13.2. The lowest BCUT2D eigenvalue weighted by Gasteiger charge is -2.37. The number of piperidine rings is 1. The van der Waals surface area contributed by atoms with Crippen molar-refractivity contribution in [1.82, 2.24) is 20.4 Å². The van der Waals surface area contributed by atoms with Crippen molar-refractivity contribution in [1.29, 1.82) is 0 Å². The smallest absolute Gasteiger partial charge is 0.255 e. The van der Waals surface area contributed by atoms with E-state index in [9.17, 15) is 14.4 Å². The molecule has 1 aromatic rings. The zero-order chi connectivity index (χ0) is 18.6. The molecule has 1 aliphatic carbocycles. The van der Waals surface area contributed by atoms with Crippen LogP contribution in [0.15, 0.2) is 18.2 Å². The van der Waals surface area contributed by atoms with Crippen molar-refractivity contribution < 1.29 is 14.4 Å². The van der Waals surface area contributed by atoms with Crippen LogP contribution in [0.1, 0.15) is 47.2 Å². The van der Waals surface area contributed by atoms with Crippen LogP contribution in [0.25, 0.3) is 0 Å². The second-order valence-corrected chi connectivity index (χ2v) is 8.17. The van der Waals surface area contributed by atoms with Gasteiger partial charge in [0.2, 0.25) is 11.8 Å². The van der Waals surface area contributed by atoms with Gasteiger partial charge in [-0.25, -0.2) is 0 Å². The van der Waals surface area contributed by atoms with Gasteiger partial charge in [0.25, 0.3) is 5.91 Å². The molecule has 1 unspecified atom stereocenters. The van der Waals surface area contributed by atoms with Gasteiger partial charge in [-0.15, -0.1) is 0 Å². The number of carbonyl (C=O) groups is 3. The molecule has 1 saturated carbocycles. The van der Waals surface area contributed by atoms with Gasteiger partial charge >= 0.3 is 0 Å². The number of benzene rings is 1. The van der Waals surface area contributed by atoms with E-state index >= 15 is 0 Å². The Morgan fingerprint density at radius 2 is 2.04 bits per heavy atom. The molecule has 4 aliphatic rings. The topological polar surface area (TPSA) is 81.8 Å². The second-order valence-electron chi connectivity index (χ2n) is 8.17. The molecule has 2 saturated heterocycles. The van der Waals surface area contributed by atoms with Crippen LogP contribution in [-0.2, 0) is 22.7 Å². The van der Waals surface area contributed by atoms with Crippen LogP contribution < -0.4 is 10.6 Å². The Balaban J connectivity index is 1.40. The number of carbonyl (C=O) groups excluding carboxylic acids is 3. The van der Waals surface area contributed by atoms with E-state index in [1.165, 1.54) is 12.8 Å². The molecule has 7 heteroatoms. The maximum atomic E-state index is 13.2. The standard InChI is InChI=1S/C20H24N4O3/c25-16-5-4-15(18(26)22-16)24-11-14-3-1-2-13(17(14)19(24)27)10-23-9-8-21-12-20(23)6-7-20/h1-3,15,21H,4-12H2,(H,22,25,26). The molecular formula is C20H24N4O3. The van der Waals surface area contributed by atoms with Crippen molar-refractivity contribution >= 4 is 17.7 Å². The van der Waals surface area contributed by atoms with Crippen molar-refractivity contribution in [3.8, 4) is 0 Å². The average molecular weight is 368 g/mol. The van der Waals surface area contributed by atoms with E-state index in [0.29, 0.717) is 13.0 Å². The van der Waals surface area contributed by atoms with Crippen molar-refractivity contribution in [3.63, 3.8) is 0 Å². The van der Waals surface area contributed by atoms with E-state index in [0.717, 1.165) is 42.9 Å². The van der Waals surface area contributed by atoms with Gasteiger partial charge in [0.05, 0.1) is 0 Å². The number of amides is 3. The highest BCUT2D eigenvalue weighted by Gasteiger charge is 2.49. The van der Waals surface area contributed by atoms with Crippen molar-refractivity contribution in [2.75, 3.05) is 19.6 Å². The molecule has 1 aromatic carbocycles. The number of imide groups is 1. The van der Waals surface area contributed by atoms with Crippen molar-refractivity contribution in [2.45, 2.75) is 50.4 Å². The van der Waals surface area contributed by atoms with Crippen LogP contribution in [0.2, 0.25) is 0 Å². The number of piperazine rings is 1. The van der Waals surface area contributed by atoms with E-state index in [-0.39, 0.29) is 29.7 Å². The molecule has 1 atom stereocenters. The van der Waals surface area contributed by atoms with Gasteiger partial charge in [0, 0.05) is 50.2 Å². The van der Waals surface area contributed by atoms with Crippen LogP contribution in [0, 0.1) is 0 Å². The van der Waals surface area contributed by atoms with E-state index < -0.39 is 6.04 Å². The lowest BCUT2D eigenvalue weighted by Crippen LogP contribution is -2.53. The van der Waals surface area contributed by atoms with E-state index in [4.69, 9.17) is 0 Å². The van der Waals surface area contributed by atoms with Gasteiger partial charge in [0.1, 0.15) is 6.04 Å². The highest BCUT2D eigenvalue weighted by atomic mass is 16.2. The fourth-order valence-corrected chi connectivity index (χ4v) is 4.80. The van der Waals surface area contributed by atoms with Gasteiger partial charge < -0.3 is 10.2 Å². The zero-order valence-corrected chi connectivity index (χ0v) is 15.3. The molecule has 2 N–H and O–H groups in total. The molecule has 142 valence electrons. The first-order valence-electron chi connectivity index (χ1n) is 9.79. The number of hydrogen-bond donors (Lipinski definition) is 2. The molecule has 0 aromatic heterocycles. The zero-order valence-electron chi connectivity index (χ0n) is 15.3. The Bertz CT molecular complexity index is 833. The fourth-order valence-electron chi connectivity index (χ4n) is 4.80. The number of rotatable bonds is 3. The average Bonchev–Trinajstić information content (AvgIpc) is 3.34. The summed E-state index contributed by atoms with van der Waals surface area (Å²) in [6, 6.07) is 5.48. The van der Waals surface area contributed by atoms with Gasteiger partial charge in [-0.1, -0.05) is 18.2 Å². The molecule has 3 heterocycles. The Hall–Kier alpha value is -2.25. The summed E-state index contributed by atoms with van der Waals surface area (Å²) in [5.41, 5.74) is 3.07. The summed E-state index contributed by atoms with van der Waals surface area (Å²) < 4.78 is 0. The highest BCUT2D eigenvalue weighted by molar-refractivity contribution is 6.05. The minimum absolute atomic E-state index is 0.0740. The molecule has 1 spiro atoms. The minimum Gasteiger partial charge on any atom is -0.322 e. The molecule has 3 aliphatic heterocycles. The molecule has 7 nitrogen and oxygen atoms in total. The summed E-state index contributed by atoms with van der Waals surface area (Å²) in [4.78, 5) is 41.0. The van der Waals surface area contributed by atoms with Crippen LogP contribution in [-0.4, -0.2) is 58.7 Å². The Kier molecular flexibility index (Phi) is 3.84. The Morgan fingerprint density at radius 3 is 2.81 bits per heavy atom. The number of nitrogens with zero attached hydrogens (tertiary/aromatic N) is 2. The van der Waals surface area contributed by atoms with Crippen LogP contribution in [0.4, 0.5) is 0 Å². The molecular weight excluding hydrogens is 344 g/mol. The fraction of sp³-hybridized carbons (Fsp3) is 0.550. The molecule has 0 radical (unpaired) electrons. The summed E-state index contributed by atoms with van der Waals surface area (Å²) in [5.74, 6) is -0.683. The first-order chi connectivity index (χ1) is 13.1. The third-order valence-corrected chi connectivity index (χ3v) is 6.51. The third kappa shape index (κ3) is 2.76. The number of nitrogens with one attached hydrogen (secondary N) is 2. The SMILES string of the molecule is O=C1CCC(N2Cc3cccc(CN4CCNCC45CC5)c3C2=O)C(=O)N1. The predicted octanol–water partition coefficient (Wildman–Crippen LogP) is 0.385. The number of fused-ring (bicyclic) bond motifs is 1. The van der Waals surface area contributed by atoms with Gasteiger partial charge in [-0.3, -0.25) is 24.6 Å². The summed E-state index contributed by atoms with van der Waals surface area (Å²) in [6.45, 7) is 4.22. The Labute approximate surface area is 158 Å². The molecule has 3 amide bonds. The minimum atomic E-state index is -0.551. The molecule has 3 fully saturated rings. The third-order valence-electron chi connectivity index (χ3n) is 6.51. The molecule has 5 rings (SSSR count). The molecule has 27 heavy (non-hydrogen) atoms. The largest absolute Gasteiger partial charge is 0.322 e. The lowest BCUT2D eigenvalue weighted by molar-refractivity contribution is -0.136. The van der Waals surface area contributed by atoms with E-state index in [1.54, 1.807) is 4.90 Å². The van der Waals surface area contributed by atoms with Gasteiger partial charge in [0.15, 0.2) is 0 Å². The van der Waals surface area contributed by atoms with E-state index in [2.05, 4.69) is 15.5 Å². The summed E-state index contributed by atoms with van der Waals surface area (Å²) >= 11 is 0. The first-order valence-corrected chi connectivity index (χ1v) is 9.79. The van der Waals surface area contributed by atoms with E-state index in [1.807, 2.05) is 18.2 Å². The summed E-state index contributed by atoms with van der Waals surface area (Å²) in [6.07, 6.45) is 3.12. The van der Waals surface area contributed by atoms with Crippen molar-refractivity contribution in [2.24, 2.45) is 0 Å². The summed E-state index contributed by atoms with van der Waals surface area (Å²) in [7, 11) is 0. The van der Waals surface area contributed by atoms with Gasteiger partial charge in [-0.05, 0) is 30.4 Å².